The van der Waals surface area contributed by atoms with E-state index in [4.69, 9.17) is 0 Å². The van der Waals surface area contributed by atoms with E-state index in [2.05, 4.69) is 47.5 Å². The molecule has 4 rings (SSSR count). The largest absolute Gasteiger partial charge is 0.363 e. The Balaban J connectivity index is 1.37. The highest BCUT2D eigenvalue weighted by Gasteiger charge is 2.20. The second-order valence-corrected chi connectivity index (χ2v) is 7.58. The molecule has 0 saturated heterocycles. The van der Waals surface area contributed by atoms with Crippen molar-refractivity contribution < 1.29 is 4.79 Å². The minimum Gasteiger partial charge on any atom is -0.363 e. The van der Waals surface area contributed by atoms with Gasteiger partial charge in [-0.3, -0.25) is 4.79 Å². The first kappa shape index (κ1) is 16.2. The number of aryl methyl sites for hydroxylation is 1. The normalized spacial score (nSPS) is 16.9. The van der Waals surface area contributed by atoms with E-state index in [9.17, 15) is 4.79 Å². The maximum Gasteiger partial charge on any atom is 0.224 e. The molecule has 3 heteroatoms. The lowest BCUT2D eigenvalue weighted by Gasteiger charge is -2.18. The fourth-order valence-corrected chi connectivity index (χ4v) is 4.15. The third-order valence-electron chi connectivity index (χ3n) is 5.55. The van der Waals surface area contributed by atoms with Crippen molar-refractivity contribution in [2.45, 2.75) is 52.1 Å². The molecule has 0 unspecified atom stereocenters. The van der Waals surface area contributed by atoms with Gasteiger partial charge in [0.15, 0.2) is 0 Å². The summed E-state index contributed by atoms with van der Waals surface area (Å²) in [5.74, 6) is 0.745. The predicted molar refractivity (Wildman–Crippen MR) is 103 cm³/mol. The molecule has 130 valence electrons. The van der Waals surface area contributed by atoms with Gasteiger partial charge in [0.1, 0.15) is 0 Å². The van der Waals surface area contributed by atoms with Crippen LogP contribution in [0.15, 0.2) is 42.5 Å². The molecule has 1 fully saturated rings. The van der Waals surface area contributed by atoms with Crippen molar-refractivity contribution in [3.05, 3.63) is 59.2 Å². The molecule has 25 heavy (non-hydrogen) atoms. The van der Waals surface area contributed by atoms with Crippen molar-refractivity contribution in [1.82, 2.24) is 0 Å². The molecule has 2 aliphatic rings. The van der Waals surface area contributed by atoms with Crippen LogP contribution in [0.2, 0.25) is 0 Å². The van der Waals surface area contributed by atoms with Gasteiger partial charge in [0.05, 0.1) is 0 Å². The van der Waals surface area contributed by atoms with Crippen molar-refractivity contribution in [1.29, 1.82) is 0 Å². The first-order valence-electron chi connectivity index (χ1n) is 9.40. The number of hydrogen-bond donors (Lipinski definition) is 1. The van der Waals surface area contributed by atoms with Gasteiger partial charge in [-0.25, -0.2) is 0 Å². The lowest BCUT2D eigenvalue weighted by molar-refractivity contribution is -0.117. The van der Waals surface area contributed by atoms with Gasteiger partial charge in [-0.15, -0.1) is 0 Å². The number of benzene rings is 2. The molecule has 0 spiro atoms. The molecule has 0 bridgehead atoms. The Morgan fingerprint density at radius 1 is 1.04 bits per heavy atom. The number of anilines is 2. The second kappa shape index (κ2) is 6.91. The Bertz CT molecular complexity index is 760. The van der Waals surface area contributed by atoms with Gasteiger partial charge in [0, 0.05) is 30.9 Å². The summed E-state index contributed by atoms with van der Waals surface area (Å²) >= 11 is 0. The summed E-state index contributed by atoms with van der Waals surface area (Å²) in [5, 5.41) is 3.05. The summed E-state index contributed by atoms with van der Waals surface area (Å²) in [7, 11) is 0. The van der Waals surface area contributed by atoms with Gasteiger partial charge in [0.2, 0.25) is 5.91 Å². The van der Waals surface area contributed by atoms with Crippen LogP contribution < -0.4 is 10.2 Å². The zero-order valence-electron chi connectivity index (χ0n) is 14.9. The number of fused-ring (bicyclic) bond motifs is 1. The van der Waals surface area contributed by atoms with Gasteiger partial charge < -0.3 is 10.2 Å². The molecular weight excluding hydrogens is 308 g/mol. The summed E-state index contributed by atoms with van der Waals surface area (Å²) < 4.78 is 0. The summed E-state index contributed by atoms with van der Waals surface area (Å²) in [6, 6.07) is 15.0. The standard InChI is InChI=1S/C22H26N2O/c1-16-6-7-18-14-24(15-19(18)12-16)21-10-8-20(9-11-21)23-22(25)13-17-4-2-3-5-17/h6-12,17H,2-5,13-15H2,1H3,(H,23,25). The van der Waals surface area contributed by atoms with E-state index in [0.717, 1.165) is 18.8 Å². The smallest absolute Gasteiger partial charge is 0.224 e. The zero-order valence-corrected chi connectivity index (χ0v) is 14.9. The van der Waals surface area contributed by atoms with Crippen molar-refractivity contribution in [2.24, 2.45) is 5.92 Å². The van der Waals surface area contributed by atoms with Gasteiger partial charge in [-0.2, -0.15) is 0 Å². The van der Waals surface area contributed by atoms with Crippen LogP contribution >= 0.6 is 0 Å². The van der Waals surface area contributed by atoms with E-state index in [-0.39, 0.29) is 5.91 Å². The predicted octanol–water partition coefficient (Wildman–Crippen LogP) is 5.03. The monoisotopic (exact) mass is 334 g/mol. The number of rotatable bonds is 4. The zero-order chi connectivity index (χ0) is 17.2. The highest BCUT2D eigenvalue weighted by atomic mass is 16.1. The van der Waals surface area contributed by atoms with E-state index in [0.29, 0.717) is 12.3 Å². The van der Waals surface area contributed by atoms with Crippen molar-refractivity contribution in [2.75, 3.05) is 10.2 Å². The molecular formula is C22H26N2O. The number of amides is 1. The minimum atomic E-state index is 0.156. The highest BCUT2D eigenvalue weighted by Crippen LogP contribution is 2.30. The molecule has 2 aromatic rings. The Morgan fingerprint density at radius 2 is 1.76 bits per heavy atom. The third-order valence-corrected chi connectivity index (χ3v) is 5.55. The second-order valence-electron chi connectivity index (χ2n) is 7.58. The molecule has 1 aliphatic carbocycles. The third kappa shape index (κ3) is 3.71. The Hall–Kier alpha value is -2.29. The Kier molecular flexibility index (Phi) is 4.48. The topological polar surface area (TPSA) is 32.3 Å². The van der Waals surface area contributed by atoms with Crippen LogP contribution in [-0.4, -0.2) is 5.91 Å². The van der Waals surface area contributed by atoms with Crippen LogP contribution in [0.25, 0.3) is 0 Å². The molecule has 1 amide bonds. The van der Waals surface area contributed by atoms with Crippen molar-refractivity contribution in [3.8, 4) is 0 Å². The summed E-state index contributed by atoms with van der Waals surface area (Å²) in [4.78, 5) is 14.6. The van der Waals surface area contributed by atoms with Crippen LogP contribution in [0, 0.1) is 12.8 Å². The first-order valence-corrected chi connectivity index (χ1v) is 9.40. The molecule has 0 atom stereocenters. The summed E-state index contributed by atoms with van der Waals surface area (Å²) in [5.41, 5.74) is 6.27. The van der Waals surface area contributed by atoms with Gasteiger partial charge in [-0.1, -0.05) is 36.6 Å². The Morgan fingerprint density at radius 3 is 2.52 bits per heavy atom. The average molecular weight is 334 g/mol. The number of carbonyl (C=O) groups excluding carboxylic acids is 1. The number of nitrogens with one attached hydrogen (secondary N) is 1. The number of nitrogens with zero attached hydrogens (tertiary/aromatic N) is 1. The molecule has 0 aromatic heterocycles. The van der Waals surface area contributed by atoms with E-state index in [1.807, 2.05) is 12.1 Å². The van der Waals surface area contributed by atoms with Gasteiger partial charge >= 0.3 is 0 Å². The van der Waals surface area contributed by atoms with Crippen LogP contribution in [0.4, 0.5) is 11.4 Å². The number of hydrogen-bond acceptors (Lipinski definition) is 2. The van der Waals surface area contributed by atoms with E-state index in [1.165, 1.54) is 48.1 Å². The SMILES string of the molecule is Cc1ccc2c(c1)CN(c1ccc(NC(=O)CC3CCCC3)cc1)C2. The molecule has 2 aromatic carbocycles. The minimum absolute atomic E-state index is 0.156. The van der Waals surface area contributed by atoms with Gasteiger partial charge in [0.25, 0.3) is 0 Å². The van der Waals surface area contributed by atoms with Crippen LogP contribution in [0.1, 0.15) is 48.8 Å². The van der Waals surface area contributed by atoms with E-state index >= 15 is 0 Å². The fraction of sp³-hybridized carbons (Fsp3) is 0.409. The molecule has 1 saturated carbocycles. The van der Waals surface area contributed by atoms with Gasteiger partial charge in [-0.05, 0) is 61.1 Å². The number of carbonyl (C=O) groups is 1. The summed E-state index contributed by atoms with van der Waals surface area (Å²) in [6.45, 7) is 4.07. The highest BCUT2D eigenvalue weighted by molar-refractivity contribution is 5.91. The molecule has 3 nitrogen and oxygen atoms in total. The van der Waals surface area contributed by atoms with Crippen LogP contribution in [-0.2, 0) is 17.9 Å². The molecule has 1 aliphatic heterocycles. The molecule has 0 radical (unpaired) electrons. The van der Waals surface area contributed by atoms with Crippen LogP contribution in [0.5, 0.6) is 0 Å². The maximum absolute atomic E-state index is 12.2. The quantitative estimate of drug-likeness (QED) is 0.850. The average Bonchev–Trinajstić information content (AvgIpc) is 3.24. The first-order chi connectivity index (χ1) is 12.2. The van der Waals surface area contributed by atoms with Crippen LogP contribution in [0.3, 0.4) is 0 Å². The van der Waals surface area contributed by atoms with Crippen molar-refractivity contribution in [3.63, 3.8) is 0 Å². The molecule has 1 N–H and O–H groups in total. The lowest BCUT2D eigenvalue weighted by atomic mass is 10.0. The Labute approximate surface area is 150 Å². The van der Waals surface area contributed by atoms with E-state index in [1.54, 1.807) is 0 Å². The maximum atomic E-state index is 12.2. The van der Waals surface area contributed by atoms with Crippen molar-refractivity contribution >= 4 is 17.3 Å². The fourth-order valence-electron chi connectivity index (χ4n) is 4.15. The van der Waals surface area contributed by atoms with E-state index < -0.39 is 0 Å². The molecule has 1 heterocycles. The summed E-state index contributed by atoms with van der Waals surface area (Å²) in [6.07, 6.45) is 5.65. The lowest BCUT2D eigenvalue weighted by Crippen LogP contribution is -2.16.